The smallest absolute Gasteiger partial charge is 0.262 e. The van der Waals surface area contributed by atoms with E-state index in [0.29, 0.717) is 22.0 Å². The molecule has 112 valence electrons. The van der Waals surface area contributed by atoms with Crippen LogP contribution in [0.4, 0.5) is 5.69 Å². The maximum Gasteiger partial charge on any atom is 0.262 e. The number of rotatable bonds is 4. The van der Waals surface area contributed by atoms with E-state index in [0.717, 1.165) is 5.52 Å². The Kier molecular flexibility index (Phi) is 4.18. The predicted octanol–water partition coefficient (Wildman–Crippen LogP) is 4.15. The number of aromatic nitrogens is 1. The quantitative estimate of drug-likeness (QED) is 0.777. The summed E-state index contributed by atoms with van der Waals surface area (Å²) in [5.41, 5.74) is 1.91. The van der Waals surface area contributed by atoms with Gasteiger partial charge in [-0.2, -0.15) is 0 Å². The van der Waals surface area contributed by atoms with Crippen molar-refractivity contribution in [2.24, 2.45) is 0 Å². The Hall–Kier alpha value is -2.24. The predicted molar refractivity (Wildman–Crippen MR) is 84.6 cm³/mol. The van der Waals surface area contributed by atoms with E-state index < -0.39 is 0 Å². The van der Waals surface area contributed by atoms with Crippen LogP contribution < -0.4 is 10.1 Å². The van der Waals surface area contributed by atoms with Gasteiger partial charge in [-0.3, -0.25) is 4.79 Å². The number of nitrogens with zero attached hydrogens (tertiary/aromatic N) is 1. The highest BCUT2D eigenvalue weighted by molar-refractivity contribution is 6.42. The van der Waals surface area contributed by atoms with Gasteiger partial charge in [-0.25, -0.2) is 4.98 Å². The summed E-state index contributed by atoms with van der Waals surface area (Å²) < 4.78 is 10.5. The van der Waals surface area contributed by atoms with Crippen molar-refractivity contribution in [1.82, 2.24) is 4.98 Å². The number of hydrogen-bond acceptors (Lipinski definition) is 4. The minimum Gasteiger partial charge on any atom is -0.482 e. The summed E-state index contributed by atoms with van der Waals surface area (Å²) in [5, 5.41) is 3.35. The molecule has 1 N–H and O–H groups in total. The molecule has 0 radical (unpaired) electrons. The molecule has 7 heteroatoms. The zero-order valence-electron chi connectivity index (χ0n) is 11.2. The summed E-state index contributed by atoms with van der Waals surface area (Å²) in [7, 11) is 0. The molecule has 0 spiro atoms. The molecule has 0 aliphatic heterocycles. The zero-order valence-corrected chi connectivity index (χ0v) is 12.7. The van der Waals surface area contributed by atoms with Crippen molar-refractivity contribution in [3.05, 3.63) is 52.8 Å². The molecule has 1 aromatic heterocycles. The molecule has 0 saturated carbocycles. The highest BCUT2D eigenvalue weighted by Crippen LogP contribution is 2.31. The first kappa shape index (κ1) is 14.7. The molecular weight excluding hydrogens is 327 g/mol. The summed E-state index contributed by atoms with van der Waals surface area (Å²) in [6.07, 6.45) is 1.35. The van der Waals surface area contributed by atoms with Crippen LogP contribution in [0.2, 0.25) is 10.0 Å². The lowest BCUT2D eigenvalue weighted by atomic mass is 10.3. The van der Waals surface area contributed by atoms with E-state index in [1.807, 2.05) is 0 Å². The summed E-state index contributed by atoms with van der Waals surface area (Å²) in [5.74, 6) is 0.0323. The molecule has 1 amide bonds. The van der Waals surface area contributed by atoms with Crippen molar-refractivity contribution in [3.63, 3.8) is 0 Å². The van der Waals surface area contributed by atoms with Gasteiger partial charge in [0.1, 0.15) is 16.3 Å². The van der Waals surface area contributed by atoms with E-state index in [2.05, 4.69) is 10.3 Å². The molecule has 0 aliphatic carbocycles. The van der Waals surface area contributed by atoms with Gasteiger partial charge in [-0.1, -0.05) is 29.3 Å². The number of anilines is 1. The van der Waals surface area contributed by atoms with E-state index in [9.17, 15) is 4.79 Å². The second kappa shape index (κ2) is 6.25. The maximum atomic E-state index is 11.9. The molecule has 0 fully saturated rings. The Morgan fingerprint density at radius 2 is 2.14 bits per heavy atom. The highest BCUT2D eigenvalue weighted by Gasteiger charge is 2.09. The van der Waals surface area contributed by atoms with Gasteiger partial charge in [0.25, 0.3) is 5.91 Å². The molecular formula is C15H10Cl2N2O3. The van der Waals surface area contributed by atoms with Gasteiger partial charge in [0.05, 0.1) is 5.02 Å². The van der Waals surface area contributed by atoms with Gasteiger partial charge in [-0.05, 0) is 24.3 Å². The van der Waals surface area contributed by atoms with Gasteiger partial charge in [-0.15, -0.1) is 0 Å². The second-order valence-electron chi connectivity index (χ2n) is 4.42. The van der Waals surface area contributed by atoms with Gasteiger partial charge in [0.2, 0.25) is 0 Å². The Bertz CT molecular complexity index is 833. The molecule has 22 heavy (non-hydrogen) atoms. The summed E-state index contributed by atoms with van der Waals surface area (Å²) >= 11 is 11.9. The van der Waals surface area contributed by atoms with Crippen LogP contribution in [0, 0.1) is 0 Å². The van der Waals surface area contributed by atoms with Crippen molar-refractivity contribution in [1.29, 1.82) is 0 Å². The van der Waals surface area contributed by atoms with E-state index in [4.69, 9.17) is 32.4 Å². The molecule has 3 rings (SSSR count). The van der Waals surface area contributed by atoms with E-state index in [1.165, 1.54) is 6.39 Å². The van der Waals surface area contributed by atoms with E-state index in [-0.39, 0.29) is 17.5 Å². The van der Waals surface area contributed by atoms with Crippen LogP contribution in [0.25, 0.3) is 11.1 Å². The molecule has 0 atom stereocenters. The molecule has 5 nitrogen and oxygen atoms in total. The van der Waals surface area contributed by atoms with E-state index >= 15 is 0 Å². The first-order chi connectivity index (χ1) is 10.6. The van der Waals surface area contributed by atoms with Crippen molar-refractivity contribution >= 4 is 45.9 Å². The topological polar surface area (TPSA) is 64.4 Å². The first-order valence-corrected chi connectivity index (χ1v) is 7.09. The molecule has 0 bridgehead atoms. The van der Waals surface area contributed by atoms with Crippen LogP contribution in [0.3, 0.4) is 0 Å². The number of hydrogen-bond donors (Lipinski definition) is 1. The number of oxazole rings is 1. The largest absolute Gasteiger partial charge is 0.482 e. The zero-order chi connectivity index (χ0) is 15.5. The van der Waals surface area contributed by atoms with Gasteiger partial charge in [0, 0.05) is 11.8 Å². The minimum absolute atomic E-state index is 0.186. The first-order valence-electron chi connectivity index (χ1n) is 6.33. The Balaban J connectivity index is 1.63. The monoisotopic (exact) mass is 336 g/mol. The van der Waals surface area contributed by atoms with Crippen LogP contribution in [0.5, 0.6) is 5.75 Å². The van der Waals surface area contributed by atoms with Gasteiger partial charge in [0.15, 0.2) is 18.6 Å². The van der Waals surface area contributed by atoms with Gasteiger partial charge < -0.3 is 14.5 Å². The molecule has 2 aromatic carbocycles. The van der Waals surface area contributed by atoms with Crippen molar-refractivity contribution in [2.45, 2.75) is 0 Å². The third-order valence-corrected chi connectivity index (χ3v) is 3.69. The Morgan fingerprint density at radius 1 is 1.27 bits per heavy atom. The fraction of sp³-hybridized carbons (Fsp3) is 0.0667. The molecule has 0 saturated heterocycles. The van der Waals surface area contributed by atoms with Gasteiger partial charge >= 0.3 is 0 Å². The number of halogens is 2. The number of ether oxygens (including phenoxy) is 1. The minimum atomic E-state index is -0.324. The number of carbonyl (C=O) groups is 1. The summed E-state index contributed by atoms with van der Waals surface area (Å²) in [6, 6.07) is 10.1. The summed E-state index contributed by atoms with van der Waals surface area (Å²) in [4.78, 5) is 15.9. The maximum absolute atomic E-state index is 11.9. The fourth-order valence-electron chi connectivity index (χ4n) is 1.87. The third-order valence-electron chi connectivity index (χ3n) is 2.89. The molecule has 3 aromatic rings. The van der Waals surface area contributed by atoms with Crippen molar-refractivity contribution in [3.8, 4) is 5.75 Å². The van der Waals surface area contributed by atoms with Crippen molar-refractivity contribution < 1.29 is 13.9 Å². The Labute approximate surface area is 135 Å². The fourth-order valence-corrected chi connectivity index (χ4v) is 2.22. The average molecular weight is 337 g/mol. The SMILES string of the molecule is O=C(COc1cccc(Cl)c1Cl)Nc1ccc2ncoc2c1. The normalized spacial score (nSPS) is 10.6. The number of carbonyl (C=O) groups excluding carboxylic acids is 1. The molecule has 0 aliphatic rings. The lowest BCUT2D eigenvalue weighted by Crippen LogP contribution is -2.20. The van der Waals surface area contributed by atoms with E-state index in [1.54, 1.807) is 36.4 Å². The van der Waals surface area contributed by atoms with Crippen molar-refractivity contribution in [2.75, 3.05) is 11.9 Å². The molecule has 0 unspecified atom stereocenters. The number of nitrogens with one attached hydrogen (secondary N) is 1. The number of benzene rings is 2. The van der Waals surface area contributed by atoms with Crippen LogP contribution >= 0.6 is 23.2 Å². The van der Waals surface area contributed by atoms with Crippen LogP contribution in [0.1, 0.15) is 0 Å². The van der Waals surface area contributed by atoms with Crippen LogP contribution in [0.15, 0.2) is 47.2 Å². The molecule has 1 heterocycles. The second-order valence-corrected chi connectivity index (χ2v) is 5.21. The average Bonchev–Trinajstić information content (AvgIpc) is 2.96. The lowest BCUT2D eigenvalue weighted by Gasteiger charge is -2.09. The summed E-state index contributed by atoms with van der Waals surface area (Å²) in [6.45, 7) is -0.186. The number of amides is 1. The lowest BCUT2D eigenvalue weighted by molar-refractivity contribution is -0.118. The highest BCUT2D eigenvalue weighted by atomic mass is 35.5. The number of fused-ring (bicyclic) bond motifs is 1. The van der Waals surface area contributed by atoms with Crippen LogP contribution in [-0.2, 0) is 4.79 Å². The Morgan fingerprint density at radius 3 is 3.00 bits per heavy atom. The third kappa shape index (κ3) is 3.16. The van der Waals surface area contributed by atoms with Crippen LogP contribution in [-0.4, -0.2) is 17.5 Å². The standard InChI is InChI=1S/C15H10Cl2N2O3/c16-10-2-1-3-12(15(10)17)21-7-14(20)19-9-4-5-11-13(6-9)22-8-18-11/h1-6,8H,7H2,(H,19,20).